The van der Waals surface area contributed by atoms with Crippen LogP contribution in [0.15, 0.2) is 28.8 Å². The summed E-state index contributed by atoms with van der Waals surface area (Å²) in [5, 5.41) is 20.6. The van der Waals surface area contributed by atoms with E-state index in [0.29, 0.717) is 24.2 Å². The molecular formula is C25H33N5O4. The van der Waals surface area contributed by atoms with Crippen LogP contribution in [-0.4, -0.2) is 65.8 Å². The first kappa shape index (κ1) is 24.1. The quantitative estimate of drug-likeness (QED) is 0.413. The Bertz CT molecular complexity index is 1110. The molecule has 1 fully saturated rings. The second kappa shape index (κ2) is 10.5. The first-order valence-corrected chi connectivity index (χ1v) is 11.6. The van der Waals surface area contributed by atoms with E-state index in [1.165, 1.54) is 0 Å². The molecule has 1 saturated carbocycles. The van der Waals surface area contributed by atoms with Gasteiger partial charge in [0.15, 0.2) is 5.82 Å². The largest absolute Gasteiger partial charge is 0.491 e. The molecule has 4 rings (SSSR count). The van der Waals surface area contributed by atoms with Gasteiger partial charge in [-0.3, -0.25) is 0 Å². The lowest BCUT2D eigenvalue weighted by molar-refractivity contribution is 0.0328. The maximum absolute atomic E-state index is 9.96. The SMILES string of the molecule is CNCC(O)COc1cccc(-c2nc(NC3CC(OC)C3)c(C)c(-c3c(C)noc3C)n2)c1. The Hall–Kier alpha value is -3.01. The highest BCUT2D eigenvalue weighted by atomic mass is 16.5. The Morgan fingerprint density at radius 1 is 1.21 bits per heavy atom. The molecule has 1 aromatic carbocycles. The summed E-state index contributed by atoms with van der Waals surface area (Å²) in [5.41, 5.74) is 4.23. The molecule has 1 atom stereocenters. The molecule has 34 heavy (non-hydrogen) atoms. The minimum absolute atomic E-state index is 0.193. The third-order valence-corrected chi connectivity index (χ3v) is 6.16. The highest BCUT2D eigenvalue weighted by molar-refractivity contribution is 5.74. The van der Waals surface area contributed by atoms with Crippen LogP contribution >= 0.6 is 0 Å². The van der Waals surface area contributed by atoms with Gasteiger partial charge in [-0.05, 0) is 52.8 Å². The van der Waals surface area contributed by atoms with Gasteiger partial charge in [0.05, 0.1) is 23.1 Å². The standard InChI is InChI=1S/C25H33N5O4/c1-14-23(22-15(2)30-34-16(22)3)28-25(29-24(14)27-18-10-21(11-18)32-5)17-7-6-8-20(9-17)33-13-19(31)12-26-4/h6-9,18-19,21,26,31H,10-13H2,1-5H3,(H,27,28,29). The summed E-state index contributed by atoms with van der Waals surface area (Å²) in [7, 11) is 3.54. The van der Waals surface area contributed by atoms with E-state index in [-0.39, 0.29) is 12.7 Å². The van der Waals surface area contributed by atoms with Crippen LogP contribution in [0.25, 0.3) is 22.6 Å². The highest BCUT2D eigenvalue weighted by Gasteiger charge is 2.30. The Balaban J connectivity index is 1.69. The van der Waals surface area contributed by atoms with Gasteiger partial charge >= 0.3 is 0 Å². The van der Waals surface area contributed by atoms with Gasteiger partial charge in [-0.2, -0.15) is 0 Å². The van der Waals surface area contributed by atoms with Crippen LogP contribution in [0.5, 0.6) is 5.75 Å². The van der Waals surface area contributed by atoms with Crippen molar-refractivity contribution in [3.63, 3.8) is 0 Å². The second-order valence-corrected chi connectivity index (χ2v) is 8.79. The van der Waals surface area contributed by atoms with Gasteiger partial charge < -0.3 is 29.7 Å². The number of likely N-dealkylation sites (N-methyl/N-ethyl adjacent to an activating group) is 1. The molecule has 3 aromatic rings. The fraction of sp³-hybridized carbons (Fsp3) is 0.480. The summed E-state index contributed by atoms with van der Waals surface area (Å²) in [6, 6.07) is 7.90. The summed E-state index contributed by atoms with van der Waals surface area (Å²) in [5.74, 6) is 2.73. The molecule has 1 aliphatic carbocycles. The minimum atomic E-state index is -0.593. The van der Waals surface area contributed by atoms with Crippen LogP contribution in [0.4, 0.5) is 5.82 Å². The number of aliphatic hydroxyl groups is 1. The average Bonchev–Trinajstić information content (AvgIpc) is 3.13. The van der Waals surface area contributed by atoms with E-state index < -0.39 is 6.10 Å². The number of nitrogens with zero attached hydrogens (tertiary/aromatic N) is 3. The summed E-state index contributed by atoms with van der Waals surface area (Å²) in [4.78, 5) is 9.81. The smallest absolute Gasteiger partial charge is 0.162 e. The molecule has 9 heteroatoms. The van der Waals surface area contributed by atoms with Gasteiger partial charge in [-0.1, -0.05) is 17.3 Å². The Kier molecular flexibility index (Phi) is 7.45. The van der Waals surface area contributed by atoms with E-state index >= 15 is 0 Å². The van der Waals surface area contributed by atoms with E-state index in [4.69, 9.17) is 24.0 Å². The molecule has 0 radical (unpaired) electrons. The number of rotatable bonds is 10. The highest BCUT2D eigenvalue weighted by Crippen LogP contribution is 2.35. The molecule has 0 spiro atoms. The van der Waals surface area contributed by atoms with Crippen molar-refractivity contribution < 1.29 is 19.1 Å². The van der Waals surface area contributed by atoms with Crippen molar-refractivity contribution in [2.24, 2.45) is 0 Å². The zero-order valence-electron chi connectivity index (χ0n) is 20.4. The molecule has 0 saturated heterocycles. The number of aromatic nitrogens is 3. The molecular weight excluding hydrogens is 434 g/mol. The van der Waals surface area contributed by atoms with Crippen molar-refractivity contribution in [1.29, 1.82) is 0 Å². The number of benzene rings is 1. The van der Waals surface area contributed by atoms with Crippen LogP contribution in [0.3, 0.4) is 0 Å². The maximum Gasteiger partial charge on any atom is 0.162 e. The fourth-order valence-corrected chi connectivity index (χ4v) is 4.13. The molecule has 1 aliphatic rings. The number of ether oxygens (including phenoxy) is 2. The monoisotopic (exact) mass is 467 g/mol. The molecule has 1 unspecified atom stereocenters. The molecule has 0 bridgehead atoms. The molecule has 0 aliphatic heterocycles. The average molecular weight is 468 g/mol. The van der Waals surface area contributed by atoms with Crippen molar-refractivity contribution in [1.82, 2.24) is 20.4 Å². The lowest BCUT2D eigenvalue weighted by Gasteiger charge is -2.35. The molecule has 2 heterocycles. The molecule has 2 aromatic heterocycles. The first-order chi connectivity index (χ1) is 16.4. The summed E-state index contributed by atoms with van der Waals surface area (Å²) in [6.07, 6.45) is 1.57. The number of aliphatic hydroxyl groups excluding tert-OH is 1. The molecule has 3 N–H and O–H groups in total. The Labute approximate surface area is 199 Å². The van der Waals surface area contributed by atoms with E-state index in [1.807, 2.05) is 45.0 Å². The van der Waals surface area contributed by atoms with Gasteiger partial charge in [0.2, 0.25) is 0 Å². The van der Waals surface area contributed by atoms with E-state index in [2.05, 4.69) is 15.8 Å². The summed E-state index contributed by atoms with van der Waals surface area (Å²) < 4.78 is 16.7. The van der Waals surface area contributed by atoms with Gasteiger partial charge in [0.1, 0.15) is 30.0 Å². The number of aryl methyl sites for hydroxylation is 2. The predicted molar refractivity (Wildman–Crippen MR) is 130 cm³/mol. The third-order valence-electron chi connectivity index (χ3n) is 6.16. The topological polar surface area (TPSA) is 115 Å². The van der Waals surface area contributed by atoms with Gasteiger partial charge in [-0.25, -0.2) is 9.97 Å². The van der Waals surface area contributed by atoms with Crippen molar-refractivity contribution in [3.05, 3.63) is 41.3 Å². The molecule has 9 nitrogen and oxygen atoms in total. The zero-order valence-corrected chi connectivity index (χ0v) is 20.4. The van der Waals surface area contributed by atoms with Crippen LogP contribution in [-0.2, 0) is 4.74 Å². The lowest BCUT2D eigenvalue weighted by Crippen LogP contribution is -2.40. The Morgan fingerprint density at radius 2 is 2.00 bits per heavy atom. The van der Waals surface area contributed by atoms with Crippen molar-refractivity contribution in [2.45, 2.75) is 51.9 Å². The number of hydrogen-bond acceptors (Lipinski definition) is 9. The predicted octanol–water partition coefficient (Wildman–Crippen LogP) is 3.27. The second-order valence-electron chi connectivity index (χ2n) is 8.79. The van der Waals surface area contributed by atoms with E-state index in [0.717, 1.165) is 52.5 Å². The first-order valence-electron chi connectivity index (χ1n) is 11.6. The van der Waals surface area contributed by atoms with Crippen LogP contribution in [0, 0.1) is 20.8 Å². The lowest BCUT2D eigenvalue weighted by atomic mass is 9.89. The Morgan fingerprint density at radius 3 is 2.68 bits per heavy atom. The fourth-order valence-electron chi connectivity index (χ4n) is 4.13. The number of methoxy groups -OCH3 is 1. The maximum atomic E-state index is 9.96. The molecule has 182 valence electrons. The van der Waals surface area contributed by atoms with Crippen molar-refractivity contribution in [2.75, 3.05) is 32.6 Å². The summed E-state index contributed by atoms with van der Waals surface area (Å²) >= 11 is 0. The number of nitrogens with one attached hydrogen (secondary N) is 2. The molecule has 0 amide bonds. The summed E-state index contributed by atoms with van der Waals surface area (Å²) in [6.45, 7) is 6.48. The van der Waals surface area contributed by atoms with Gasteiger partial charge in [0.25, 0.3) is 0 Å². The van der Waals surface area contributed by atoms with Gasteiger partial charge in [0, 0.05) is 30.8 Å². The van der Waals surface area contributed by atoms with Crippen molar-refractivity contribution in [3.8, 4) is 28.4 Å². The van der Waals surface area contributed by atoms with Gasteiger partial charge in [-0.15, -0.1) is 0 Å². The van der Waals surface area contributed by atoms with E-state index in [9.17, 15) is 5.11 Å². The normalized spacial score (nSPS) is 18.4. The zero-order chi connectivity index (χ0) is 24.2. The van der Waals surface area contributed by atoms with Crippen LogP contribution < -0.4 is 15.4 Å². The third kappa shape index (κ3) is 5.22. The van der Waals surface area contributed by atoms with Crippen LogP contribution in [0.2, 0.25) is 0 Å². The number of anilines is 1. The minimum Gasteiger partial charge on any atom is -0.491 e. The van der Waals surface area contributed by atoms with Crippen LogP contribution in [0.1, 0.15) is 29.9 Å². The van der Waals surface area contributed by atoms with Crippen molar-refractivity contribution >= 4 is 5.82 Å². The number of hydrogen-bond donors (Lipinski definition) is 3. The van der Waals surface area contributed by atoms with E-state index in [1.54, 1.807) is 14.2 Å².